The van der Waals surface area contributed by atoms with Gasteiger partial charge in [-0.1, -0.05) is 48.0 Å². The number of rotatable bonds is 7. The third-order valence-electron chi connectivity index (χ3n) is 4.76. The summed E-state index contributed by atoms with van der Waals surface area (Å²) in [6.07, 6.45) is 1.44. The maximum Gasteiger partial charge on any atom is 0.191 e. The first kappa shape index (κ1) is 20.9. The first-order chi connectivity index (χ1) is 14.6. The number of guanidine groups is 1. The number of nitrogens with zero attached hydrogens (tertiary/aromatic N) is 4. The van der Waals surface area contributed by atoms with Crippen LogP contribution in [-0.2, 0) is 13.0 Å². The Morgan fingerprint density at radius 3 is 2.67 bits per heavy atom. The van der Waals surface area contributed by atoms with Crippen LogP contribution in [0, 0.1) is 18.3 Å². The van der Waals surface area contributed by atoms with E-state index in [-0.39, 0.29) is 0 Å². The lowest BCUT2D eigenvalue weighted by molar-refractivity contribution is 0.722. The zero-order valence-electron chi connectivity index (χ0n) is 17.4. The fourth-order valence-corrected chi connectivity index (χ4v) is 3.23. The zero-order chi connectivity index (χ0) is 21.3. The van der Waals surface area contributed by atoms with Crippen LogP contribution in [-0.4, -0.2) is 29.3 Å². The van der Waals surface area contributed by atoms with Crippen molar-refractivity contribution in [1.29, 1.82) is 5.26 Å². The van der Waals surface area contributed by atoms with Gasteiger partial charge in [-0.3, -0.25) is 4.99 Å². The molecule has 1 heterocycles. The fraction of sp³-hybridized carbons (Fsp3) is 0.261. The Morgan fingerprint density at radius 2 is 1.97 bits per heavy atom. The average molecular weight is 402 g/mol. The Morgan fingerprint density at radius 1 is 1.17 bits per heavy atom. The van der Waals surface area contributed by atoms with Crippen molar-refractivity contribution >= 4 is 11.8 Å². The highest BCUT2D eigenvalue weighted by molar-refractivity contribution is 5.79. The Kier molecular flexibility index (Phi) is 7.06. The minimum Gasteiger partial charge on any atom is -0.382 e. The van der Waals surface area contributed by atoms with Gasteiger partial charge in [0.1, 0.15) is 17.5 Å². The second-order valence-corrected chi connectivity index (χ2v) is 7.01. The molecule has 4 N–H and O–H groups in total. The maximum absolute atomic E-state index is 9.51. The van der Waals surface area contributed by atoms with Crippen LogP contribution in [0.4, 0.5) is 5.82 Å². The molecule has 0 bridgehead atoms. The molecule has 3 rings (SSSR count). The summed E-state index contributed by atoms with van der Waals surface area (Å²) in [4.78, 5) is 4.26. The van der Waals surface area contributed by atoms with Gasteiger partial charge in [-0.2, -0.15) is 10.4 Å². The number of nitrogens with one attached hydrogen (secondary N) is 2. The lowest BCUT2D eigenvalue weighted by Gasteiger charge is -2.12. The van der Waals surface area contributed by atoms with Crippen LogP contribution in [0.3, 0.4) is 0 Å². The smallest absolute Gasteiger partial charge is 0.191 e. The highest BCUT2D eigenvalue weighted by Crippen LogP contribution is 2.21. The molecule has 0 unspecified atom stereocenters. The van der Waals surface area contributed by atoms with E-state index in [2.05, 4.69) is 58.0 Å². The number of hydrogen-bond acceptors (Lipinski definition) is 4. The summed E-state index contributed by atoms with van der Waals surface area (Å²) < 4.78 is 1.63. The third kappa shape index (κ3) is 5.17. The van der Waals surface area contributed by atoms with Gasteiger partial charge in [0.05, 0.1) is 11.4 Å². The van der Waals surface area contributed by atoms with Crippen LogP contribution in [0.5, 0.6) is 0 Å². The monoisotopic (exact) mass is 401 g/mol. The first-order valence-electron chi connectivity index (χ1n) is 9.95. The van der Waals surface area contributed by atoms with E-state index in [1.165, 1.54) is 11.1 Å². The van der Waals surface area contributed by atoms with Crippen molar-refractivity contribution in [1.82, 2.24) is 20.4 Å². The fourth-order valence-electron chi connectivity index (χ4n) is 3.23. The van der Waals surface area contributed by atoms with E-state index in [1.807, 2.05) is 30.3 Å². The highest BCUT2D eigenvalue weighted by atomic mass is 15.3. The van der Waals surface area contributed by atoms with Gasteiger partial charge in [0, 0.05) is 20.1 Å². The Labute approximate surface area is 177 Å². The number of anilines is 1. The zero-order valence-corrected chi connectivity index (χ0v) is 17.4. The van der Waals surface area contributed by atoms with Crippen molar-refractivity contribution in [3.8, 4) is 11.8 Å². The lowest BCUT2D eigenvalue weighted by atomic mass is 10.1. The Bertz CT molecular complexity index is 1050. The predicted octanol–water partition coefficient (Wildman–Crippen LogP) is 2.93. The van der Waals surface area contributed by atoms with Crippen LogP contribution in [0.15, 0.2) is 59.6 Å². The van der Waals surface area contributed by atoms with E-state index in [0.29, 0.717) is 36.6 Å². The molecule has 0 saturated heterocycles. The van der Waals surface area contributed by atoms with Crippen molar-refractivity contribution in [3.05, 3.63) is 77.0 Å². The van der Waals surface area contributed by atoms with Crippen molar-refractivity contribution in [2.45, 2.75) is 26.3 Å². The minimum absolute atomic E-state index is 0.377. The van der Waals surface area contributed by atoms with Gasteiger partial charge >= 0.3 is 0 Å². The maximum atomic E-state index is 9.51. The van der Waals surface area contributed by atoms with Crippen molar-refractivity contribution < 1.29 is 0 Å². The van der Waals surface area contributed by atoms with Gasteiger partial charge in [0.15, 0.2) is 5.96 Å². The van der Waals surface area contributed by atoms with E-state index < -0.39 is 0 Å². The largest absolute Gasteiger partial charge is 0.382 e. The van der Waals surface area contributed by atoms with Crippen molar-refractivity contribution in [2.24, 2.45) is 4.99 Å². The molecule has 0 amide bonds. The summed E-state index contributed by atoms with van der Waals surface area (Å²) in [7, 11) is 1.75. The molecule has 0 atom stereocenters. The van der Waals surface area contributed by atoms with Crippen LogP contribution < -0.4 is 16.4 Å². The van der Waals surface area contributed by atoms with E-state index in [1.54, 1.807) is 11.7 Å². The third-order valence-corrected chi connectivity index (χ3v) is 4.76. The van der Waals surface area contributed by atoms with E-state index in [0.717, 1.165) is 18.1 Å². The molecule has 2 aromatic carbocycles. The molecule has 0 aliphatic carbocycles. The quantitative estimate of drug-likeness (QED) is 0.321. The van der Waals surface area contributed by atoms with Crippen LogP contribution in [0.1, 0.15) is 28.8 Å². The highest BCUT2D eigenvalue weighted by Gasteiger charge is 2.16. The molecule has 0 aliphatic heterocycles. The molecule has 0 saturated carbocycles. The number of hydrogen-bond donors (Lipinski definition) is 3. The molecule has 3 aromatic rings. The summed E-state index contributed by atoms with van der Waals surface area (Å²) >= 11 is 0. The second-order valence-electron chi connectivity index (χ2n) is 7.01. The molecule has 0 radical (unpaired) electrons. The van der Waals surface area contributed by atoms with Gasteiger partial charge in [0.2, 0.25) is 0 Å². The van der Waals surface area contributed by atoms with Crippen molar-refractivity contribution in [3.63, 3.8) is 0 Å². The topological polar surface area (TPSA) is 104 Å². The Balaban J connectivity index is 1.54. The summed E-state index contributed by atoms with van der Waals surface area (Å²) in [5.41, 5.74) is 10.6. The Hall–Kier alpha value is -3.79. The van der Waals surface area contributed by atoms with Gasteiger partial charge in [-0.05, 0) is 37.5 Å². The molecule has 7 nitrogen and oxygen atoms in total. The number of para-hydroxylation sites is 1. The number of benzene rings is 2. The molecular formula is C23H27N7. The standard InChI is InChI=1S/C23H27N7/c1-17-8-6-9-18(14-17)16-28-23(26-2)27-13-7-12-21-20(15-24)22(25)30(29-21)19-10-4-3-5-11-19/h3-6,8-11,14H,7,12-13,16,25H2,1-2H3,(H2,26,27,28). The summed E-state index contributed by atoms with van der Waals surface area (Å²) in [5.74, 6) is 1.12. The number of nitriles is 1. The molecule has 0 spiro atoms. The molecule has 154 valence electrons. The normalized spacial score (nSPS) is 11.2. The molecule has 0 aliphatic rings. The lowest BCUT2D eigenvalue weighted by Crippen LogP contribution is -2.37. The number of aryl methyl sites for hydroxylation is 2. The van der Waals surface area contributed by atoms with E-state index in [9.17, 15) is 5.26 Å². The SMILES string of the molecule is CN=C(NCCCc1nn(-c2ccccc2)c(N)c1C#N)NCc1cccc(C)c1. The van der Waals surface area contributed by atoms with Gasteiger partial charge in [0.25, 0.3) is 0 Å². The number of aromatic nitrogens is 2. The average Bonchev–Trinajstić information content (AvgIpc) is 3.09. The van der Waals surface area contributed by atoms with Gasteiger partial charge in [-0.15, -0.1) is 0 Å². The molecular weight excluding hydrogens is 374 g/mol. The van der Waals surface area contributed by atoms with Gasteiger partial charge < -0.3 is 16.4 Å². The summed E-state index contributed by atoms with van der Waals surface area (Å²) in [6.45, 7) is 3.49. The van der Waals surface area contributed by atoms with E-state index in [4.69, 9.17) is 5.73 Å². The van der Waals surface area contributed by atoms with E-state index >= 15 is 0 Å². The summed E-state index contributed by atoms with van der Waals surface area (Å²) in [6, 6.07) is 20.2. The minimum atomic E-state index is 0.377. The number of nitrogens with two attached hydrogens (primary N) is 1. The molecule has 1 aromatic heterocycles. The molecule has 0 fully saturated rings. The van der Waals surface area contributed by atoms with Crippen molar-refractivity contribution in [2.75, 3.05) is 19.3 Å². The van der Waals surface area contributed by atoms with Crippen LogP contribution in [0.25, 0.3) is 5.69 Å². The number of nitrogen functional groups attached to an aromatic ring is 1. The first-order valence-corrected chi connectivity index (χ1v) is 9.95. The predicted molar refractivity (Wildman–Crippen MR) is 120 cm³/mol. The van der Waals surface area contributed by atoms with Gasteiger partial charge in [-0.25, -0.2) is 4.68 Å². The molecule has 7 heteroatoms. The van der Waals surface area contributed by atoms with Crippen LogP contribution >= 0.6 is 0 Å². The number of aliphatic imine (C=N–C) groups is 1. The van der Waals surface area contributed by atoms with Crippen LogP contribution in [0.2, 0.25) is 0 Å². The molecule has 30 heavy (non-hydrogen) atoms. The summed E-state index contributed by atoms with van der Waals surface area (Å²) in [5, 5.41) is 20.7. The second kappa shape index (κ2) is 10.1.